The molecule has 3 N–H and O–H groups in total. The fraction of sp³-hybridized carbons (Fsp3) is 0.391. The third-order valence-electron chi connectivity index (χ3n) is 4.51. The molecule has 0 amide bonds. The molecular formula is C23H28N6O4S2. The fourth-order valence-corrected chi connectivity index (χ4v) is 5.49. The minimum Gasteiger partial charge on any atom is -0.454 e. The van der Waals surface area contributed by atoms with E-state index in [1.165, 1.54) is 24.3 Å². The highest BCUT2D eigenvalue weighted by molar-refractivity contribution is 8.17. The van der Waals surface area contributed by atoms with Crippen LogP contribution in [0.25, 0.3) is 0 Å². The minimum atomic E-state index is -3.43. The first kappa shape index (κ1) is 26.4. The summed E-state index contributed by atoms with van der Waals surface area (Å²) in [7, 11) is -1.63. The molecule has 0 fully saturated rings. The predicted molar refractivity (Wildman–Crippen MR) is 138 cm³/mol. The lowest BCUT2D eigenvalue weighted by atomic mass is 10.1. The number of ether oxygens (including phenoxy) is 2. The highest BCUT2D eigenvalue weighted by Crippen LogP contribution is 2.33. The van der Waals surface area contributed by atoms with Gasteiger partial charge in [0.1, 0.15) is 12.0 Å². The van der Waals surface area contributed by atoms with Gasteiger partial charge in [0.2, 0.25) is 16.8 Å². The average molecular weight is 517 g/mol. The Morgan fingerprint density at radius 3 is 2.83 bits per heavy atom. The molecule has 0 aromatic carbocycles. The van der Waals surface area contributed by atoms with Crippen LogP contribution in [0.4, 0.5) is 11.5 Å². The third-order valence-corrected chi connectivity index (χ3v) is 7.39. The van der Waals surface area contributed by atoms with E-state index in [1.807, 2.05) is 4.90 Å². The predicted octanol–water partition coefficient (Wildman–Crippen LogP) is 2.65. The van der Waals surface area contributed by atoms with Crippen LogP contribution in [0, 0.1) is 12.3 Å². The molecule has 3 rings (SSSR count). The van der Waals surface area contributed by atoms with Crippen molar-refractivity contribution in [3.8, 4) is 12.3 Å². The van der Waals surface area contributed by atoms with Crippen LogP contribution in [0.1, 0.15) is 27.2 Å². The quantitative estimate of drug-likeness (QED) is 0.243. The maximum atomic E-state index is 12.4. The molecule has 186 valence electrons. The molecular weight excluding hydrogens is 488 g/mol. The molecule has 35 heavy (non-hydrogen) atoms. The summed E-state index contributed by atoms with van der Waals surface area (Å²) in [5.41, 5.74) is 9.49. The number of anilines is 1. The zero-order valence-electron chi connectivity index (χ0n) is 20.0. The van der Waals surface area contributed by atoms with Gasteiger partial charge in [-0.2, -0.15) is 0 Å². The van der Waals surface area contributed by atoms with Crippen LogP contribution in [0.2, 0.25) is 0 Å². The van der Waals surface area contributed by atoms with Crippen molar-refractivity contribution in [3.63, 3.8) is 0 Å². The van der Waals surface area contributed by atoms with Crippen molar-refractivity contribution in [2.75, 3.05) is 31.9 Å². The van der Waals surface area contributed by atoms with Gasteiger partial charge in [-0.25, -0.2) is 28.1 Å². The average Bonchev–Trinajstić information content (AvgIpc) is 3.13. The number of sulfonamides is 1. The van der Waals surface area contributed by atoms with E-state index in [1.54, 1.807) is 40.0 Å². The summed E-state index contributed by atoms with van der Waals surface area (Å²) in [6.45, 7) is 5.92. The summed E-state index contributed by atoms with van der Waals surface area (Å²) in [6, 6.07) is 0. The lowest BCUT2D eigenvalue weighted by Gasteiger charge is -2.23. The minimum absolute atomic E-state index is 0.0351. The van der Waals surface area contributed by atoms with Crippen molar-refractivity contribution in [3.05, 3.63) is 52.4 Å². The Bertz CT molecular complexity index is 1280. The summed E-state index contributed by atoms with van der Waals surface area (Å²) in [4.78, 5) is 15.1. The standard InChI is InChI=1S/C23H28N6O4S2/c1-6-16-12-19-18(32-15-33-19)8-9-20(16)34-22(27-17-13-25-14-26-21(17)24)29(5)10-7-11-35(30,31)28-23(2,3)4/h1,8,12-14,28H,7,10-11,15H2,2-5H3,(H2,24,25,26). The molecule has 2 aliphatic rings. The van der Waals surface area contributed by atoms with Gasteiger partial charge in [-0.15, -0.1) is 12.2 Å². The Hall–Kier alpha value is -3.23. The second kappa shape index (κ2) is 11.0. The number of nitrogens with one attached hydrogen (secondary N) is 1. The molecule has 2 heterocycles. The molecule has 1 aliphatic heterocycles. The molecule has 0 atom stereocenters. The van der Waals surface area contributed by atoms with Crippen molar-refractivity contribution in [1.29, 1.82) is 0 Å². The number of thioether (sulfide) groups is 1. The van der Waals surface area contributed by atoms with Gasteiger partial charge in [0.25, 0.3) is 0 Å². The summed E-state index contributed by atoms with van der Waals surface area (Å²) in [5.74, 6) is 3.90. The van der Waals surface area contributed by atoms with Gasteiger partial charge >= 0.3 is 0 Å². The summed E-state index contributed by atoms with van der Waals surface area (Å²) >= 11 is 1.26. The van der Waals surface area contributed by atoms with E-state index in [0.717, 1.165) is 0 Å². The highest BCUT2D eigenvalue weighted by atomic mass is 32.2. The number of aromatic nitrogens is 2. The molecule has 1 aromatic rings. The number of allylic oxidation sites excluding steroid dienone is 2. The number of nitrogen functional groups attached to an aromatic ring is 1. The molecule has 1 aromatic heterocycles. The van der Waals surface area contributed by atoms with E-state index in [0.29, 0.717) is 45.8 Å². The van der Waals surface area contributed by atoms with Gasteiger partial charge in [-0.05, 0) is 39.0 Å². The van der Waals surface area contributed by atoms with E-state index in [2.05, 4.69) is 31.3 Å². The molecule has 12 heteroatoms. The zero-order chi connectivity index (χ0) is 25.6. The molecule has 0 radical (unpaired) electrons. The third kappa shape index (κ3) is 7.63. The van der Waals surface area contributed by atoms with Gasteiger partial charge in [0.05, 0.1) is 16.9 Å². The normalized spacial score (nSPS) is 15.9. The van der Waals surface area contributed by atoms with E-state index >= 15 is 0 Å². The zero-order valence-corrected chi connectivity index (χ0v) is 21.7. The van der Waals surface area contributed by atoms with Crippen LogP contribution in [0.15, 0.2) is 57.4 Å². The van der Waals surface area contributed by atoms with Crippen LogP contribution in [-0.2, 0) is 19.5 Å². The van der Waals surface area contributed by atoms with Crippen molar-refractivity contribution >= 4 is 38.5 Å². The van der Waals surface area contributed by atoms with E-state index in [9.17, 15) is 8.42 Å². The van der Waals surface area contributed by atoms with Crippen molar-refractivity contribution in [2.24, 2.45) is 4.99 Å². The summed E-state index contributed by atoms with van der Waals surface area (Å²) in [6.07, 6.45) is 12.3. The Balaban J connectivity index is 1.84. The van der Waals surface area contributed by atoms with Crippen molar-refractivity contribution < 1.29 is 17.9 Å². The van der Waals surface area contributed by atoms with Gasteiger partial charge in [-0.1, -0.05) is 5.92 Å². The van der Waals surface area contributed by atoms with E-state index < -0.39 is 15.6 Å². The van der Waals surface area contributed by atoms with Crippen molar-refractivity contribution in [2.45, 2.75) is 32.7 Å². The molecule has 10 nitrogen and oxygen atoms in total. The Labute approximate surface area is 210 Å². The second-order valence-electron chi connectivity index (χ2n) is 8.69. The molecule has 0 saturated heterocycles. The van der Waals surface area contributed by atoms with Crippen LogP contribution >= 0.6 is 11.8 Å². The summed E-state index contributed by atoms with van der Waals surface area (Å²) in [5, 5.41) is 0.508. The van der Waals surface area contributed by atoms with Gasteiger partial charge < -0.3 is 20.1 Å². The Kier molecular flexibility index (Phi) is 8.30. The first-order valence-electron chi connectivity index (χ1n) is 10.7. The number of terminal acetylenes is 1. The topological polar surface area (TPSA) is 132 Å². The van der Waals surface area contributed by atoms with Gasteiger partial charge in [0.15, 0.2) is 22.5 Å². The van der Waals surface area contributed by atoms with Gasteiger partial charge in [0, 0.05) is 36.9 Å². The maximum Gasteiger partial charge on any atom is 0.231 e. The van der Waals surface area contributed by atoms with Crippen LogP contribution in [-0.4, -0.2) is 60.1 Å². The Morgan fingerprint density at radius 2 is 2.14 bits per heavy atom. The smallest absolute Gasteiger partial charge is 0.231 e. The van der Waals surface area contributed by atoms with Crippen LogP contribution < -0.4 is 10.5 Å². The number of amidine groups is 1. The largest absolute Gasteiger partial charge is 0.454 e. The number of rotatable bonds is 7. The van der Waals surface area contributed by atoms with E-state index in [-0.39, 0.29) is 18.4 Å². The first-order chi connectivity index (χ1) is 16.5. The number of hydrogen-bond donors (Lipinski definition) is 2. The summed E-state index contributed by atoms with van der Waals surface area (Å²) < 4.78 is 38.3. The highest BCUT2D eigenvalue weighted by Gasteiger charge is 2.22. The first-order valence-corrected chi connectivity index (χ1v) is 13.1. The number of nitrogens with zero attached hydrogens (tertiary/aromatic N) is 4. The lowest BCUT2D eigenvalue weighted by Crippen LogP contribution is -2.42. The Morgan fingerprint density at radius 1 is 1.40 bits per heavy atom. The number of hydrogen-bond acceptors (Lipinski definition) is 9. The second-order valence-corrected chi connectivity index (χ2v) is 11.5. The number of nitrogens with two attached hydrogens (primary N) is 1. The van der Waals surface area contributed by atoms with Crippen molar-refractivity contribution in [1.82, 2.24) is 19.6 Å². The molecule has 0 bridgehead atoms. The fourth-order valence-electron chi connectivity index (χ4n) is 3.02. The molecule has 1 aliphatic carbocycles. The molecule has 0 spiro atoms. The maximum absolute atomic E-state index is 12.4. The number of aliphatic imine (C=N–C) groups is 1. The molecule has 0 unspecified atom stereocenters. The van der Waals surface area contributed by atoms with Crippen LogP contribution in [0.3, 0.4) is 0 Å². The van der Waals surface area contributed by atoms with Crippen LogP contribution in [0.5, 0.6) is 0 Å². The lowest BCUT2D eigenvalue weighted by molar-refractivity contribution is 0.0777. The monoisotopic (exact) mass is 516 g/mol. The molecule has 0 saturated carbocycles. The van der Waals surface area contributed by atoms with E-state index in [4.69, 9.17) is 21.6 Å². The van der Waals surface area contributed by atoms with Gasteiger partial charge in [-0.3, -0.25) is 0 Å². The SMILES string of the molecule is C#CC1=CC2=C(C=C=C1SC(=Nc1cncnc1N)N(C)CCCS(=O)(=O)NC(C)(C)C)OCO2.